The molecule has 2 heterocycles. The van der Waals surface area contributed by atoms with E-state index in [-0.39, 0.29) is 11.8 Å². The van der Waals surface area contributed by atoms with Crippen LogP contribution in [0.5, 0.6) is 11.6 Å². The number of halogens is 1. The molecule has 110 valence electrons. The molecular weight excluding hydrogens is 289 g/mol. The first-order valence-corrected chi connectivity index (χ1v) is 7.56. The monoisotopic (exact) mass is 305 g/mol. The fourth-order valence-corrected chi connectivity index (χ4v) is 2.90. The molecule has 2 aromatic heterocycles. The number of nitrogens with two attached hydrogens (primary N) is 1. The maximum atomic E-state index is 13.8. The Kier molecular flexibility index (Phi) is 3.65. The van der Waals surface area contributed by atoms with E-state index in [9.17, 15) is 4.39 Å². The van der Waals surface area contributed by atoms with E-state index in [1.54, 1.807) is 12.1 Å². The molecule has 4 nitrogen and oxygen atoms in total. The number of thiazole rings is 1. The van der Waals surface area contributed by atoms with E-state index in [0.29, 0.717) is 12.3 Å². The van der Waals surface area contributed by atoms with Gasteiger partial charge in [0.2, 0.25) is 5.88 Å². The van der Waals surface area contributed by atoms with Gasteiger partial charge in [-0.25, -0.2) is 4.39 Å². The van der Waals surface area contributed by atoms with Crippen molar-refractivity contribution in [2.24, 2.45) is 5.73 Å². The molecule has 3 rings (SSSR count). The Balaban J connectivity index is 2.03. The third kappa shape index (κ3) is 2.77. The molecule has 0 bridgehead atoms. The van der Waals surface area contributed by atoms with E-state index in [2.05, 4.69) is 4.98 Å². The highest BCUT2D eigenvalue weighted by molar-refractivity contribution is 7.15. The van der Waals surface area contributed by atoms with Crippen molar-refractivity contribution in [2.45, 2.75) is 26.3 Å². The van der Waals surface area contributed by atoms with E-state index in [1.165, 1.54) is 17.4 Å². The average Bonchev–Trinajstić information content (AvgIpc) is 2.97. The fraction of sp³-hybridized carbons (Fsp3) is 0.267. The number of fused-ring (bicyclic) bond motifs is 1. The zero-order valence-corrected chi connectivity index (χ0v) is 12.7. The highest BCUT2D eigenvalue weighted by Gasteiger charge is 2.18. The first-order valence-electron chi connectivity index (χ1n) is 6.68. The molecule has 3 aromatic rings. The largest absolute Gasteiger partial charge is 0.434 e. The van der Waals surface area contributed by atoms with Crippen molar-refractivity contribution in [3.05, 3.63) is 46.9 Å². The molecule has 0 radical (unpaired) electrons. The molecule has 0 saturated carbocycles. The van der Waals surface area contributed by atoms with Gasteiger partial charge < -0.3 is 10.5 Å². The van der Waals surface area contributed by atoms with Crippen molar-refractivity contribution in [1.29, 1.82) is 0 Å². The third-order valence-electron chi connectivity index (χ3n) is 3.13. The van der Waals surface area contributed by atoms with Crippen LogP contribution < -0.4 is 10.5 Å². The fourth-order valence-electron chi connectivity index (χ4n) is 2.18. The van der Waals surface area contributed by atoms with Gasteiger partial charge >= 0.3 is 0 Å². The Morgan fingerprint density at radius 1 is 1.48 bits per heavy atom. The van der Waals surface area contributed by atoms with Crippen LogP contribution in [0.15, 0.2) is 29.8 Å². The van der Waals surface area contributed by atoms with Gasteiger partial charge in [0.05, 0.1) is 5.69 Å². The van der Waals surface area contributed by atoms with Gasteiger partial charge in [-0.15, -0.1) is 11.3 Å². The molecule has 21 heavy (non-hydrogen) atoms. The van der Waals surface area contributed by atoms with E-state index >= 15 is 0 Å². The molecule has 1 atom stereocenters. The minimum Gasteiger partial charge on any atom is -0.434 e. The maximum absolute atomic E-state index is 13.8. The predicted octanol–water partition coefficient (Wildman–Crippen LogP) is 3.53. The standard InChI is InChI=1S/C15H16FN3OS/c1-9-3-4-11(16)13(7-9)20-14-12(8-10(2)17)19-5-6-21-15(19)18-14/h3-7,10H,8,17H2,1-2H3. The van der Waals surface area contributed by atoms with Gasteiger partial charge in [-0.05, 0) is 31.5 Å². The number of nitrogens with zero attached hydrogens (tertiary/aromatic N) is 2. The molecule has 0 aliphatic carbocycles. The molecule has 6 heteroatoms. The molecule has 0 aliphatic rings. The van der Waals surface area contributed by atoms with Crippen LogP contribution in [0.2, 0.25) is 0 Å². The van der Waals surface area contributed by atoms with Crippen LogP contribution in [0.3, 0.4) is 0 Å². The molecule has 0 amide bonds. The molecule has 2 N–H and O–H groups in total. The van der Waals surface area contributed by atoms with Crippen LogP contribution in [-0.4, -0.2) is 15.4 Å². The molecule has 0 fully saturated rings. The summed E-state index contributed by atoms with van der Waals surface area (Å²) in [5, 5.41) is 1.95. The minimum atomic E-state index is -0.399. The second kappa shape index (κ2) is 5.46. The summed E-state index contributed by atoms with van der Waals surface area (Å²) < 4.78 is 21.5. The summed E-state index contributed by atoms with van der Waals surface area (Å²) in [4.78, 5) is 5.24. The predicted molar refractivity (Wildman–Crippen MR) is 81.6 cm³/mol. The van der Waals surface area contributed by atoms with Gasteiger partial charge in [0.25, 0.3) is 0 Å². The number of aryl methyl sites for hydroxylation is 1. The van der Waals surface area contributed by atoms with Gasteiger partial charge in [0.1, 0.15) is 0 Å². The third-order valence-corrected chi connectivity index (χ3v) is 3.89. The lowest BCUT2D eigenvalue weighted by molar-refractivity contribution is 0.423. The summed E-state index contributed by atoms with van der Waals surface area (Å²) in [7, 11) is 0. The van der Waals surface area contributed by atoms with Gasteiger partial charge in [0, 0.05) is 24.0 Å². The van der Waals surface area contributed by atoms with Crippen molar-refractivity contribution in [3.63, 3.8) is 0 Å². The topological polar surface area (TPSA) is 52.5 Å². The van der Waals surface area contributed by atoms with Crippen LogP contribution in [-0.2, 0) is 6.42 Å². The first-order chi connectivity index (χ1) is 10.0. The number of hydrogen-bond acceptors (Lipinski definition) is 4. The Labute approximate surface area is 126 Å². The van der Waals surface area contributed by atoms with Crippen LogP contribution in [0.1, 0.15) is 18.2 Å². The molecule has 1 aromatic carbocycles. The number of aromatic nitrogens is 2. The zero-order chi connectivity index (χ0) is 15.0. The summed E-state index contributed by atoms with van der Waals surface area (Å²) in [6, 6.07) is 4.73. The van der Waals surface area contributed by atoms with Crippen molar-refractivity contribution < 1.29 is 9.13 Å². The molecule has 1 unspecified atom stereocenters. The molecule has 0 saturated heterocycles. The van der Waals surface area contributed by atoms with Gasteiger partial charge in [0.15, 0.2) is 16.5 Å². The SMILES string of the molecule is Cc1ccc(F)c(Oc2nc3sccn3c2CC(C)N)c1. The number of imidazole rings is 1. The van der Waals surface area contributed by atoms with E-state index in [4.69, 9.17) is 10.5 Å². The second-order valence-electron chi connectivity index (χ2n) is 5.14. The smallest absolute Gasteiger partial charge is 0.242 e. The highest BCUT2D eigenvalue weighted by atomic mass is 32.1. The summed E-state index contributed by atoms with van der Waals surface area (Å²) in [5.74, 6) is 0.207. The van der Waals surface area contributed by atoms with Crippen molar-refractivity contribution in [2.75, 3.05) is 0 Å². The van der Waals surface area contributed by atoms with Crippen molar-refractivity contribution >= 4 is 16.3 Å². The summed E-state index contributed by atoms with van der Waals surface area (Å²) in [5.41, 5.74) is 7.69. The Hall–Kier alpha value is -1.92. The van der Waals surface area contributed by atoms with Crippen LogP contribution >= 0.6 is 11.3 Å². The maximum Gasteiger partial charge on any atom is 0.242 e. The van der Waals surface area contributed by atoms with Crippen LogP contribution in [0.4, 0.5) is 4.39 Å². The molecule has 0 aliphatic heterocycles. The molecule has 0 spiro atoms. The highest BCUT2D eigenvalue weighted by Crippen LogP contribution is 2.30. The minimum absolute atomic E-state index is 0.0329. The van der Waals surface area contributed by atoms with Gasteiger partial charge in [-0.3, -0.25) is 4.40 Å². The summed E-state index contributed by atoms with van der Waals surface area (Å²) in [6.45, 7) is 3.81. The zero-order valence-electron chi connectivity index (χ0n) is 11.8. The van der Waals surface area contributed by atoms with Gasteiger partial charge in [-0.2, -0.15) is 4.98 Å². The number of hydrogen-bond donors (Lipinski definition) is 1. The Morgan fingerprint density at radius 2 is 2.29 bits per heavy atom. The van der Waals surface area contributed by atoms with Gasteiger partial charge in [-0.1, -0.05) is 6.07 Å². The number of ether oxygens (including phenoxy) is 1. The van der Waals surface area contributed by atoms with E-state index in [0.717, 1.165) is 16.2 Å². The van der Waals surface area contributed by atoms with E-state index < -0.39 is 5.82 Å². The van der Waals surface area contributed by atoms with Crippen LogP contribution in [0.25, 0.3) is 4.96 Å². The van der Waals surface area contributed by atoms with Crippen molar-refractivity contribution in [3.8, 4) is 11.6 Å². The normalized spacial score (nSPS) is 12.8. The number of benzene rings is 1. The number of rotatable bonds is 4. The Morgan fingerprint density at radius 3 is 3.05 bits per heavy atom. The molecular formula is C15H16FN3OS. The lowest BCUT2D eigenvalue weighted by Gasteiger charge is -2.09. The quantitative estimate of drug-likeness (QED) is 0.802. The average molecular weight is 305 g/mol. The first kappa shape index (κ1) is 14.0. The van der Waals surface area contributed by atoms with E-state index in [1.807, 2.05) is 29.8 Å². The van der Waals surface area contributed by atoms with Crippen LogP contribution in [0, 0.1) is 12.7 Å². The van der Waals surface area contributed by atoms with Crippen molar-refractivity contribution in [1.82, 2.24) is 9.38 Å². The lowest BCUT2D eigenvalue weighted by Crippen LogP contribution is -2.19. The summed E-state index contributed by atoms with van der Waals surface area (Å²) >= 11 is 1.50. The lowest BCUT2D eigenvalue weighted by atomic mass is 10.2. The Bertz CT molecular complexity index is 778. The summed E-state index contributed by atoms with van der Waals surface area (Å²) in [6.07, 6.45) is 2.53. The second-order valence-corrected chi connectivity index (χ2v) is 6.01.